The quantitative estimate of drug-likeness (QED) is 0.566. The Balaban J connectivity index is 2.97. The summed E-state index contributed by atoms with van der Waals surface area (Å²) in [5.41, 5.74) is 0. The zero-order valence-corrected chi connectivity index (χ0v) is 7.14. The second-order valence-electron chi connectivity index (χ2n) is 2.73. The Bertz CT molecular complexity index is 66.3. The van der Waals surface area contributed by atoms with Crippen LogP contribution in [0.25, 0.3) is 0 Å². The first-order valence-electron chi connectivity index (χ1n) is 4.10. The summed E-state index contributed by atoms with van der Waals surface area (Å²) in [6.45, 7) is 4.81. The fraction of sp³-hybridized carbons (Fsp3) is 1.00. The van der Waals surface area contributed by atoms with Crippen LogP contribution < -0.4 is 0 Å². The minimum Gasteiger partial charge on any atom is -0.396 e. The molecular formula is C8H19NO. The Morgan fingerprint density at radius 2 is 1.90 bits per heavy atom. The van der Waals surface area contributed by atoms with Gasteiger partial charge in [-0.15, -0.1) is 0 Å². The lowest BCUT2D eigenvalue weighted by atomic mass is 10.3. The third-order valence-electron chi connectivity index (χ3n) is 1.55. The van der Waals surface area contributed by atoms with E-state index in [-0.39, 0.29) is 0 Å². The molecule has 0 aliphatic rings. The maximum absolute atomic E-state index is 8.49. The predicted octanol–water partition coefficient (Wildman–Crippen LogP) is 1.10. The first-order valence-corrected chi connectivity index (χ1v) is 4.10. The van der Waals surface area contributed by atoms with Gasteiger partial charge >= 0.3 is 0 Å². The lowest BCUT2D eigenvalue weighted by Gasteiger charge is -2.14. The standard InChI is InChI=1S/C8H19NO/c1-3-6-9(2)7-4-5-8-10/h10H,3-8H2,1-2H3. The third kappa shape index (κ3) is 6.05. The number of nitrogens with zero attached hydrogens (tertiary/aromatic N) is 1. The number of unbranched alkanes of at least 4 members (excludes halogenated alkanes) is 1. The van der Waals surface area contributed by atoms with Crippen molar-refractivity contribution in [3.05, 3.63) is 0 Å². The highest BCUT2D eigenvalue weighted by Gasteiger charge is 1.93. The van der Waals surface area contributed by atoms with Crippen LogP contribution in [0.2, 0.25) is 0 Å². The van der Waals surface area contributed by atoms with Crippen LogP contribution in [0.1, 0.15) is 26.2 Å². The molecule has 62 valence electrons. The number of aliphatic hydroxyl groups is 1. The average molecular weight is 145 g/mol. The zero-order chi connectivity index (χ0) is 7.82. The molecule has 1 N–H and O–H groups in total. The van der Waals surface area contributed by atoms with Gasteiger partial charge in [0.25, 0.3) is 0 Å². The Kier molecular flexibility index (Phi) is 6.98. The van der Waals surface area contributed by atoms with E-state index in [0.717, 1.165) is 19.4 Å². The molecule has 0 saturated carbocycles. The molecule has 0 amide bonds. The van der Waals surface area contributed by atoms with Crippen LogP contribution in [-0.2, 0) is 0 Å². The molecule has 10 heavy (non-hydrogen) atoms. The van der Waals surface area contributed by atoms with Gasteiger partial charge in [0, 0.05) is 6.61 Å². The van der Waals surface area contributed by atoms with Crippen LogP contribution in [-0.4, -0.2) is 36.8 Å². The molecule has 0 bridgehead atoms. The Labute approximate surface area is 63.8 Å². The molecule has 0 spiro atoms. The van der Waals surface area contributed by atoms with Gasteiger partial charge in [-0.1, -0.05) is 6.92 Å². The van der Waals surface area contributed by atoms with Crippen LogP contribution in [0.5, 0.6) is 0 Å². The van der Waals surface area contributed by atoms with Gasteiger partial charge < -0.3 is 10.0 Å². The normalized spacial score (nSPS) is 10.8. The minimum absolute atomic E-state index is 0.333. The van der Waals surface area contributed by atoms with E-state index in [0.29, 0.717) is 6.61 Å². The van der Waals surface area contributed by atoms with Crippen molar-refractivity contribution in [2.24, 2.45) is 0 Å². The van der Waals surface area contributed by atoms with E-state index >= 15 is 0 Å². The molecule has 0 radical (unpaired) electrons. The molecule has 0 aromatic rings. The molecule has 0 heterocycles. The second kappa shape index (κ2) is 7.03. The second-order valence-corrected chi connectivity index (χ2v) is 2.73. The van der Waals surface area contributed by atoms with E-state index in [4.69, 9.17) is 5.11 Å². The van der Waals surface area contributed by atoms with Gasteiger partial charge in [0.15, 0.2) is 0 Å². The highest BCUT2D eigenvalue weighted by molar-refractivity contribution is 4.49. The van der Waals surface area contributed by atoms with Gasteiger partial charge in [0.2, 0.25) is 0 Å². The van der Waals surface area contributed by atoms with Crippen LogP contribution in [0, 0.1) is 0 Å². The summed E-state index contributed by atoms with van der Waals surface area (Å²) in [7, 11) is 2.13. The molecular weight excluding hydrogens is 126 g/mol. The van der Waals surface area contributed by atoms with Gasteiger partial charge in [-0.25, -0.2) is 0 Å². The van der Waals surface area contributed by atoms with Gasteiger partial charge in [-0.3, -0.25) is 0 Å². The molecule has 2 nitrogen and oxygen atoms in total. The van der Waals surface area contributed by atoms with Gasteiger partial charge in [-0.05, 0) is 39.4 Å². The first-order chi connectivity index (χ1) is 4.81. The SMILES string of the molecule is CCCN(C)CCCCO. The molecule has 0 fully saturated rings. The summed E-state index contributed by atoms with van der Waals surface area (Å²) in [5.74, 6) is 0. The number of hydrogen-bond acceptors (Lipinski definition) is 2. The number of rotatable bonds is 6. The molecule has 0 atom stereocenters. The Morgan fingerprint density at radius 1 is 1.20 bits per heavy atom. The van der Waals surface area contributed by atoms with Crippen LogP contribution in [0.4, 0.5) is 0 Å². The molecule has 0 aliphatic carbocycles. The Hall–Kier alpha value is -0.0800. The summed E-state index contributed by atoms with van der Waals surface area (Å²) in [6, 6.07) is 0. The zero-order valence-electron chi connectivity index (χ0n) is 7.14. The summed E-state index contributed by atoms with van der Waals surface area (Å²) in [5, 5.41) is 8.49. The predicted molar refractivity (Wildman–Crippen MR) is 44.1 cm³/mol. The number of hydrogen-bond donors (Lipinski definition) is 1. The topological polar surface area (TPSA) is 23.5 Å². The van der Waals surface area contributed by atoms with E-state index in [1.54, 1.807) is 0 Å². The molecule has 0 rings (SSSR count). The van der Waals surface area contributed by atoms with E-state index in [1.165, 1.54) is 13.0 Å². The van der Waals surface area contributed by atoms with Crippen molar-refractivity contribution in [2.75, 3.05) is 26.7 Å². The van der Waals surface area contributed by atoms with Crippen molar-refractivity contribution in [3.8, 4) is 0 Å². The fourth-order valence-electron chi connectivity index (χ4n) is 0.987. The lowest BCUT2D eigenvalue weighted by molar-refractivity contribution is 0.263. The van der Waals surface area contributed by atoms with Crippen LogP contribution >= 0.6 is 0 Å². The van der Waals surface area contributed by atoms with E-state index in [9.17, 15) is 0 Å². The van der Waals surface area contributed by atoms with E-state index in [1.807, 2.05) is 0 Å². The molecule has 0 unspecified atom stereocenters. The van der Waals surface area contributed by atoms with E-state index in [2.05, 4.69) is 18.9 Å². The highest BCUT2D eigenvalue weighted by Crippen LogP contribution is 1.92. The summed E-state index contributed by atoms with van der Waals surface area (Å²) >= 11 is 0. The average Bonchev–Trinajstić information content (AvgIpc) is 1.89. The fourth-order valence-corrected chi connectivity index (χ4v) is 0.987. The maximum Gasteiger partial charge on any atom is 0.0431 e. The molecule has 0 aliphatic heterocycles. The monoisotopic (exact) mass is 145 g/mol. The smallest absolute Gasteiger partial charge is 0.0431 e. The van der Waals surface area contributed by atoms with Gasteiger partial charge in [0.1, 0.15) is 0 Å². The highest BCUT2D eigenvalue weighted by atomic mass is 16.2. The van der Waals surface area contributed by atoms with Crippen LogP contribution in [0.3, 0.4) is 0 Å². The summed E-state index contributed by atoms with van der Waals surface area (Å²) < 4.78 is 0. The van der Waals surface area contributed by atoms with Crippen molar-refractivity contribution in [1.82, 2.24) is 4.90 Å². The van der Waals surface area contributed by atoms with E-state index < -0.39 is 0 Å². The van der Waals surface area contributed by atoms with Crippen LogP contribution in [0.15, 0.2) is 0 Å². The number of aliphatic hydroxyl groups excluding tert-OH is 1. The largest absolute Gasteiger partial charge is 0.396 e. The van der Waals surface area contributed by atoms with Gasteiger partial charge in [0.05, 0.1) is 0 Å². The molecule has 0 saturated heterocycles. The molecule has 2 heteroatoms. The first kappa shape index (κ1) is 9.92. The van der Waals surface area contributed by atoms with Crippen molar-refractivity contribution < 1.29 is 5.11 Å². The van der Waals surface area contributed by atoms with Crippen molar-refractivity contribution >= 4 is 0 Å². The van der Waals surface area contributed by atoms with Crippen molar-refractivity contribution in [1.29, 1.82) is 0 Å². The summed E-state index contributed by atoms with van der Waals surface area (Å²) in [4.78, 5) is 2.30. The Morgan fingerprint density at radius 3 is 2.40 bits per heavy atom. The summed E-state index contributed by atoms with van der Waals surface area (Å²) in [6.07, 6.45) is 3.27. The lowest BCUT2D eigenvalue weighted by Crippen LogP contribution is -2.20. The molecule has 0 aromatic heterocycles. The maximum atomic E-state index is 8.49. The minimum atomic E-state index is 0.333. The van der Waals surface area contributed by atoms with Crippen molar-refractivity contribution in [3.63, 3.8) is 0 Å². The molecule has 0 aromatic carbocycles. The van der Waals surface area contributed by atoms with Gasteiger partial charge in [-0.2, -0.15) is 0 Å². The van der Waals surface area contributed by atoms with Crippen molar-refractivity contribution in [2.45, 2.75) is 26.2 Å². The third-order valence-corrected chi connectivity index (χ3v) is 1.55.